The van der Waals surface area contributed by atoms with E-state index in [9.17, 15) is 0 Å². The van der Waals surface area contributed by atoms with E-state index in [-0.39, 0.29) is 0 Å². The predicted octanol–water partition coefficient (Wildman–Crippen LogP) is 1.58. The number of aryl methyl sites for hydroxylation is 1. The van der Waals surface area contributed by atoms with Gasteiger partial charge in [-0.05, 0) is 24.1 Å². The number of nitrogens with zero attached hydrogens (tertiary/aromatic N) is 3. The Morgan fingerprint density at radius 2 is 2.25 bits per heavy atom. The fourth-order valence-corrected chi connectivity index (χ4v) is 2.02. The molecule has 0 spiro atoms. The molecule has 1 aromatic carbocycles. The van der Waals surface area contributed by atoms with Crippen LogP contribution in [0.15, 0.2) is 24.4 Å². The number of fused-ring (bicyclic) bond motifs is 1. The summed E-state index contributed by atoms with van der Waals surface area (Å²) in [7, 11) is 0. The monoisotopic (exact) mass is 213 g/mol. The maximum absolute atomic E-state index is 3.97. The van der Waals surface area contributed by atoms with Crippen LogP contribution in [0.4, 0.5) is 0 Å². The predicted molar refractivity (Wildman–Crippen MR) is 60.0 cm³/mol. The highest BCUT2D eigenvalue weighted by molar-refractivity contribution is 5.86. The van der Waals surface area contributed by atoms with Crippen LogP contribution in [-0.4, -0.2) is 25.6 Å². The maximum atomic E-state index is 3.97. The molecule has 0 amide bonds. The zero-order valence-corrected chi connectivity index (χ0v) is 8.86. The van der Waals surface area contributed by atoms with Crippen molar-refractivity contribution < 1.29 is 0 Å². The first-order valence-corrected chi connectivity index (χ1v) is 5.12. The van der Waals surface area contributed by atoms with E-state index < -0.39 is 0 Å². The van der Waals surface area contributed by atoms with Gasteiger partial charge in [0.1, 0.15) is 0 Å². The number of aromatic amines is 2. The molecule has 2 N–H and O–H groups in total. The van der Waals surface area contributed by atoms with Gasteiger partial charge in [-0.25, -0.2) is 0 Å². The molecule has 0 saturated heterocycles. The fourth-order valence-electron chi connectivity index (χ4n) is 2.02. The van der Waals surface area contributed by atoms with Crippen LogP contribution in [0.1, 0.15) is 17.0 Å². The van der Waals surface area contributed by atoms with Crippen LogP contribution in [0.2, 0.25) is 0 Å². The molecular formula is C11H11N5. The molecule has 0 aliphatic carbocycles. The quantitative estimate of drug-likeness (QED) is 0.679. The first-order valence-electron chi connectivity index (χ1n) is 5.12. The zero-order chi connectivity index (χ0) is 11.0. The van der Waals surface area contributed by atoms with Gasteiger partial charge in [0.25, 0.3) is 0 Å². The molecule has 0 fully saturated rings. The van der Waals surface area contributed by atoms with E-state index in [1.54, 1.807) is 0 Å². The molecule has 3 aromatic rings. The molecule has 0 atom stereocenters. The fraction of sp³-hybridized carbons (Fsp3) is 0.182. The van der Waals surface area contributed by atoms with E-state index in [0.29, 0.717) is 12.2 Å². The lowest BCUT2D eigenvalue weighted by atomic mass is 10.1. The Labute approximate surface area is 91.9 Å². The van der Waals surface area contributed by atoms with Gasteiger partial charge in [-0.1, -0.05) is 17.3 Å². The van der Waals surface area contributed by atoms with Gasteiger partial charge in [0.2, 0.25) is 0 Å². The van der Waals surface area contributed by atoms with Crippen molar-refractivity contribution in [3.8, 4) is 0 Å². The molecule has 0 bridgehead atoms. The Bertz CT molecular complexity index is 608. The largest absolute Gasteiger partial charge is 0.361 e. The highest BCUT2D eigenvalue weighted by atomic mass is 15.5. The topological polar surface area (TPSA) is 70.2 Å². The lowest BCUT2D eigenvalue weighted by Crippen LogP contribution is -1.90. The van der Waals surface area contributed by atoms with Crippen LogP contribution >= 0.6 is 0 Å². The average Bonchev–Trinajstić information content (AvgIpc) is 2.90. The van der Waals surface area contributed by atoms with Gasteiger partial charge in [0.15, 0.2) is 5.82 Å². The minimum absolute atomic E-state index is 0.696. The second kappa shape index (κ2) is 3.44. The highest BCUT2D eigenvalue weighted by Gasteiger charge is 2.08. The molecule has 0 radical (unpaired) electrons. The molecule has 0 unspecified atom stereocenters. The third kappa shape index (κ3) is 1.37. The Kier molecular flexibility index (Phi) is 1.96. The molecule has 0 aliphatic rings. The first-order chi connectivity index (χ1) is 7.84. The van der Waals surface area contributed by atoms with E-state index in [1.807, 2.05) is 12.3 Å². The lowest BCUT2D eigenvalue weighted by molar-refractivity contribution is 0.881. The third-order valence-corrected chi connectivity index (χ3v) is 2.73. The van der Waals surface area contributed by atoms with Crippen LogP contribution in [0.5, 0.6) is 0 Å². The number of benzene rings is 1. The van der Waals surface area contributed by atoms with Gasteiger partial charge < -0.3 is 4.98 Å². The van der Waals surface area contributed by atoms with Gasteiger partial charge in [0, 0.05) is 23.5 Å². The van der Waals surface area contributed by atoms with Crippen molar-refractivity contribution in [2.75, 3.05) is 0 Å². The summed E-state index contributed by atoms with van der Waals surface area (Å²) >= 11 is 0. The van der Waals surface area contributed by atoms with Gasteiger partial charge in [-0.2, -0.15) is 5.21 Å². The van der Waals surface area contributed by atoms with E-state index >= 15 is 0 Å². The summed E-state index contributed by atoms with van der Waals surface area (Å²) in [6, 6.07) is 6.23. The second-order valence-corrected chi connectivity index (χ2v) is 3.82. The van der Waals surface area contributed by atoms with Gasteiger partial charge in [0.05, 0.1) is 0 Å². The van der Waals surface area contributed by atoms with Gasteiger partial charge >= 0.3 is 0 Å². The number of rotatable bonds is 2. The van der Waals surface area contributed by atoms with Crippen molar-refractivity contribution in [3.63, 3.8) is 0 Å². The van der Waals surface area contributed by atoms with Crippen molar-refractivity contribution in [2.45, 2.75) is 13.3 Å². The summed E-state index contributed by atoms with van der Waals surface area (Å²) in [5.74, 6) is 0.712. The smallest absolute Gasteiger partial charge is 0.178 e. The number of nitrogens with one attached hydrogen (secondary N) is 2. The van der Waals surface area contributed by atoms with E-state index in [4.69, 9.17) is 0 Å². The summed E-state index contributed by atoms with van der Waals surface area (Å²) in [6.45, 7) is 2.11. The van der Waals surface area contributed by atoms with Crippen LogP contribution in [0.25, 0.3) is 10.9 Å². The number of hydrogen-bond acceptors (Lipinski definition) is 3. The molecule has 2 aromatic heterocycles. The summed E-state index contributed by atoms with van der Waals surface area (Å²) in [4.78, 5) is 3.26. The average molecular weight is 213 g/mol. The molecule has 3 rings (SSSR count). The summed E-state index contributed by atoms with van der Waals surface area (Å²) in [5.41, 5.74) is 3.62. The van der Waals surface area contributed by atoms with Crippen LogP contribution in [0, 0.1) is 6.92 Å². The normalized spacial score (nSPS) is 11.1. The zero-order valence-electron chi connectivity index (χ0n) is 8.86. The van der Waals surface area contributed by atoms with Crippen LogP contribution in [0.3, 0.4) is 0 Å². The van der Waals surface area contributed by atoms with E-state index in [2.05, 4.69) is 44.7 Å². The third-order valence-electron chi connectivity index (χ3n) is 2.73. The molecular weight excluding hydrogens is 202 g/mol. The Morgan fingerprint density at radius 3 is 3.06 bits per heavy atom. The maximum Gasteiger partial charge on any atom is 0.178 e. The minimum atomic E-state index is 0.696. The Morgan fingerprint density at radius 1 is 1.31 bits per heavy atom. The number of H-pyrrole nitrogens is 2. The molecule has 0 aliphatic heterocycles. The Balaban J connectivity index is 2.10. The van der Waals surface area contributed by atoms with Crippen LogP contribution < -0.4 is 0 Å². The summed E-state index contributed by atoms with van der Waals surface area (Å²) in [6.07, 6.45) is 2.70. The van der Waals surface area contributed by atoms with Crippen molar-refractivity contribution in [2.24, 2.45) is 0 Å². The van der Waals surface area contributed by atoms with Crippen molar-refractivity contribution in [3.05, 3.63) is 41.3 Å². The molecule has 0 saturated carbocycles. The molecule has 5 heteroatoms. The minimum Gasteiger partial charge on any atom is -0.361 e. The molecule has 2 heterocycles. The number of aromatic nitrogens is 5. The summed E-state index contributed by atoms with van der Waals surface area (Å²) < 4.78 is 0. The SMILES string of the molecule is Cc1cccc2[nH]cc(Cc3nn[nH]n3)c12. The number of tetrazole rings is 1. The molecule has 16 heavy (non-hydrogen) atoms. The molecule has 80 valence electrons. The van der Waals surface area contributed by atoms with Crippen molar-refractivity contribution in [1.82, 2.24) is 25.6 Å². The highest BCUT2D eigenvalue weighted by Crippen LogP contribution is 2.23. The first kappa shape index (κ1) is 9.08. The van der Waals surface area contributed by atoms with E-state index in [1.165, 1.54) is 16.5 Å². The second-order valence-electron chi connectivity index (χ2n) is 3.82. The lowest BCUT2D eigenvalue weighted by Gasteiger charge is -1.98. The van der Waals surface area contributed by atoms with Gasteiger partial charge in [-0.3, -0.25) is 0 Å². The van der Waals surface area contributed by atoms with Gasteiger partial charge in [-0.15, -0.1) is 10.2 Å². The van der Waals surface area contributed by atoms with E-state index in [0.717, 1.165) is 5.52 Å². The number of hydrogen-bond donors (Lipinski definition) is 2. The van der Waals surface area contributed by atoms with Crippen LogP contribution in [-0.2, 0) is 6.42 Å². The Hall–Kier alpha value is -2.17. The van der Waals surface area contributed by atoms with Crippen molar-refractivity contribution >= 4 is 10.9 Å². The molecule has 5 nitrogen and oxygen atoms in total. The van der Waals surface area contributed by atoms with Crippen molar-refractivity contribution in [1.29, 1.82) is 0 Å². The summed E-state index contributed by atoms with van der Waals surface area (Å²) in [5, 5.41) is 15.2. The standard InChI is InChI=1S/C11H11N5/c1-7-3-2-4-9-11(7)8(6-12-9)5-10-13-15-16-14-10/h2-4,6,12H,5H2,1H3,(H,13,14,15,16).